The Balaban J connectivity index is 0.000000360. The van der Waals surface area contributed by atoms with E-state index in [4.69, 9.17) is 0 Å². The van der Waals surface area contributed by atoms with E-state index >= 15 is 0 Å². The van der Waals surface area contributed by atoms with Crippen molar-refractivity contribution in [1.29, 1.82) is 0 Å². The van der Waals surface area contributed by atoms with Crippen LogP contribution in [0.1, 0.15) is 25.7 Å². The van der Waals surface area contributed by atoms with Gasteiger partial charge in [0, 0.05) is 0 Å². The standard InChI is InChI=1S/C5H10P.Li/c6-5-3-1-2-4-5;/h5-6H,1-4H2;/q-1;+1. The molecular weight excluding hydrogens is 98.0 g/mol. The first-order valence-corrected chi connectivity index (χ1v) is 3.18. The van der Waals surface area contributed by atoms with Crippen LogP contribution < -0.4 is 18.9 Å². The Labute approximate surface area is 59.8 Å². The van der Waals surface area contributed by atoms with Crippen LogP contribution in [0.4, 0.5) is 0 Å². The zero-order chi connectivity index (χ0) is 4.41. The van der Waals surface area contributed by atoms with E-state index in [1.165, 1.54) is 25.7 Å². The van der Waals surface area contributed by atoms with Crippen molar-refractivity contribution in [3.8, 4) is 0 Å². The Morgan fingerprint density at radius 2 is 1.57 bits per heavy atom. The molecule has 0 heterocycles. The third kappa shape index (κ3) is 2.76. The molecule has 1 rings (SSSR count). The molecule has 0 aromatic carbocycles. The van der Waals surface area contributed by atoms with Crippen LogP contribution in [-0.2, 0) is 0 Å². The van der Waals surface area contributed by atoms with Gasteiger partial charge in [-0.2, -0.15) is 5.66 Å². The molecule has 1 aliphatic carbocycles. The van der Waals surface area contributed by atoms with E-state index in [9.17, 15) is 0 Å². The summed E-state index contributed by atoms with van der Waals surface area (Å²) >= 11 is 0. The SMILES string of the molecule is [Li+].[PH-]C1CCCC1. The van der Waals surface area contributed by atoms with Crippen molar-refractivity contribution < 1.29 is 18.9 Å². The Morgan fingerprint density at radius 3 is 1.71 bits per heavy atom. The van der Waals surface area contributed by atoms with Crippen LogP contribution in [0.25, 0.3) is 0 Å². The molecule has 0 spiro atoms. The summed E-state index contributed by atoms with van der Waals surface area (Å²) in [7, 11) is 3.58. The molecule has 0 amide bonds. The molecule has 1 saturated carbocycles. The molecule has 0 aromatic heterocycles. The van der Waals surface area contributed by atoms with Gasteiger partial charge in [0.1, 0.15) is 0 Å². The summed E-state index contributed by atoms with van der Waals surface area (Å²) in [6, 6.07) is 0. The molecule has 2 heteroatoms. The maximum absolute atomic E-state index is 3.58. The first kappa shape index (κ1) is 8.03. The second-order valence-corrected chi connectivity index (χ2v) is 2.80. The minimum atomic E-state index is 0. The van der Waals surface area contributed by atoms with Gasteiger partial charge >= 0.3 is 18.9 Å². The van der Waals surface area contributed by atoms with Crippen molar-refractivity contribution in [1.82, 2.24) is 0 Å². The maximum Gasteiger partial charge on any atom is 1.00 e. The van der Waals surface area contributed by atoms with Crippen molar-refractivity contribution in [2.75, 3.05) is 0 Å². The molecule has 0 atom stereocenters. The molecule has 0 saturated heterocycles. The van der Waals surface area contributed by atoms with Crippen LogP contribution in [0.2, 0.25) is 0 Å². The van der Waals surface area contributed by atoms with Gasteiger partial charge in [-0.05, 0) is 0 Å². The summed E-state index contributed by atoms with van der Waals surface area (Å²) in [6.07, 6.45) is 5.68. The quantitative estimate of drug-likeness (QED) is 0.278. The molecule has 0 unspecified atom stereocenters. The summed E-state index contributed by atoms with van der Waals surface area (Å²) in [5, 5.41) is 0. The van der Waals surface area contributed by atoms with Crippen LogP contribution in [0.3, 0.4) is 0 Å². The molecule has 7 heavy (non-hydrogen) atoms. The zero-order valence-electron chi connectivity index (χ0n) is 4.91. The second-order valence-electron chi connectivity index (χ2n) is 1.98. The molecule has 1 fully saturated rings. The van der Waals surface area contributed by atoms with E-state index in [-0.39, 0.29) is 18.9 Å². The average molecular weight is 108 g/mol. The third-order valence-corrected chi connectivity index (χ3v) is 1.93. The van der Waals surface area contributed by atoms with Gasteiger partial charge in [0.05, 0.1) is 0 Å². The summed E-state index contributed by atoms with van der Waals surface area (Å²) < 4.78 is 0. The Kier molecular flexibility index (Phi) is 4.54. The van der Waals surface area contributed by atoms with Gasteiger partial charge in [0.15, 0.2) is 0 Å². The summed E-state index contributed by atoms with van der Waals surface area (Å²) in [4.78, 5) is 0. The monoisotopic (exact) mass is 108 g/mol. The molecule has 0 N–H and O–H groups in total. The van der Waals surface area contributed by atoms with Crippen LogP contribution >= 0.6 is 9.24 Å². The molecule has 0 aromatic rings. The Bertz CT molecular complexity index is 41.3. The van der Waals surface area contributed by atoms with E-state index in [1.54, 1.807) is 0 Å². The summed E-state index contributed by atoms with van der Waals surface area (Å²) in [6.45, 7) is 0. The third-order valence-electron chi connectivity index (χ3n) is 1.36. The fourth-order valence-electron chi connectivity index (χ4n) is 0.926. The van der Waals surface area contributed by atoms with Gasteiger partial charge in [-0.3, -0.25) is 0 Å². The van der Waals surface area contributed by atoms with E-state index < -0.39 is 0 Å². The van der Waals surface area contributed by atoms with Gasteiger partial charge in [-0.1, -0.05) is 25.7 Å². The topological polar surface area (TPSA) is 0 Å². The normalized spacial score (nSPS) is 21.9. The molecule has 0 aliphatic heterocycles. The smallest absolute Gasteiger partial charge is 0.555 e. The number of rotatable bonds is 0. The Morgan fingerprint density at radius 1 is 1.14 bits per heavy atom. The first-order valence-electron chi connectivity index (χ1n) is 2.61. The molecular formula is C5H10LiP. The summed E-state index contributed by atoms with van der Waals surface area (Å²) in [5.74, 6) is 0. The molecule has 0 bridgehead atoms. The van der Waals surface area contributed by atoms with Gasteiger partial charge in [-0.15, -0.1) is 0 Å². The largest absolute Gasteiger partial charge is 1.00 e. The molecule has 36 valence electrons. The van der Waals surface area contributed by atoms with Gasteiger partial charge in [0.25, 0.3) is 0 Å². The van der Waals surface area contributed by atoms with Crippen LogP contribution in [0, 0.1) is 0 Å². The fourth-order valence-corrected chi connectivity index (χ4v) is 1.33. The van der Waals surface area contributed by atoms with Gasteiger partial charge < -0.3 is 9.24 Å². The molecule has 0 nitrogen and oxygen atoms in total. The first-order chi connectivity index (χ1) is 2.89. The minimum absolute atomic E-state index is 0. The van der Waals surface area contributed by atoms with Crippen molar-refractivity contribution in [2.24, 2.45) is 0 Å². The predicted molar refractivity (Wildman–Crippen MR) is 30.6 cm³/mol. The van der Waals surface area contributed by atoms with E-state index in [0.717, 1.165) is 5.66 Å². The van der Waals surface area contributed by atoms with Crippen molar-refractivity contribution >= 4 is 9.24 Å². The second kappa shape index (κ2) is 3.96. The van der Waals surface area contributed by atoms with E-state index in [2.05, 4.69) is 9.24 Å². The fraction of sp³-hybridized carbons (Fsp3) is 1.00. The van der Waals surface area contributed by atoms with Gasteiger partial charge in [0.2, 0.25) is 0 Å². The van der Waals surface area contributed by atoms with Crippen LogP contribution in [-0.4, -0.2) is 5.66 Å². The van der Waals surface area contributed by atoms with E-state index in [1.807, 2.05) is 0 Å². The van der Waals surface area contributed by atoms with Crippen molar-refractivity contribution in [3.63, 3.8) is 0 Å². The van der Waals surface area contributed by atoms with E-state index in [0.29, 0.717) is 0 Å². The van der Waals surface area contributed by atoms with Crippen LogP contribution in [0.5, 0.6) is 0 Å². The average Bonchev–Trinajstić information content (AvgIpc) is 1.86. The number of hydrogen-bond acceptors (Lipinski definition) is 0. The maximum atomic E-state index is 3.58. The van der Waals surface area contributed by atoms with Crippen molar-refractivity contribution in [3.05, 3.63) is 0 Å². The minimum Gasteiger partial charge on any atom is -0.555 e. The Hall–Kier alpha value is 1.03. The zero-order valence-corrected chi connectivity index (χ0v) is 5.91. The number of hydrogen-bond donors (Lipinski definition) is 0. The molecule has 0 radical (unpaired) electrons. The molecule has 1 aliphatic rings. The van der Waals surface area contributed by atoms with Gasteiger partial charge in [-0.25, -0.2) is 0 Å². The van der Waals surface area contributed by atoms with Crippen LogP contribution in [0.15, 0.2) is 0 Å². The summed E-state index contributed by atoms with van der Waals surface area (Å²) in [5.41, 5.74) is 0.852. The van der Waals surface area contributed by atoms with Crippen molar-refractivity contribution in [2.45, 2.75) is 31.3 Å². The predicted octanol–water partition coefficient (Wildman–Crippen LogP) is -0.924.